The van der Waals surface area contributed by atoms with Crippen LogP contribution in [-0.2, 0) is 29.0 Å². The molecule has 0 aliphatic rings. The molecule has 0 spiro atoms. The molecule has 214 valence electrons. The molecule has 0 aliphatic carbocycles. The Morgan fingerprint density at radius 3 is 2.23 bits per heavy atom. The fraction of sp³-hybridized carbons (Fsp3) is 0.394. The smallest absolute Gasteiger partial charge is 0.243 e. The first-order chi connectivity index (χ1) is 19.4. The maximum absolute atomic E-state index is 14.0. The van der Waals surface area contributed by atoms with Crippen LogP contribution in [0.25, 0.3) is 0 Å². The van der Waals surface area contributed by atoms with Crippen molar-refractivity contribution in [3.63, 3.8) is 0 Å². The van der Waals surface area contributed by atoms with Gasteiger partial charge in [0.2, 0.25) is 11.8 Å². The molecule has 6 nitrogen and oxygen atoms in total. The highest BCUT2D eigenvalue weighted by atomic mass is 35.5. The van der Waals surface area contributed by atoms with Crippen molar-refractivity contribution in [1.29, 1.82) is 0 Å². The number of aryl methyl sites for hydroxylation is 1. The molecule has 2 atom stereocenters. The molecule has 3 aromatic carbocycles. The summed E-state index contributed by atoms with van der Waals surface area (Å²) in [4.78, 5) is 29.3. The topological polar surface area (TPSA) is 67.9 Å². The van der Waals surface area contributed by atoms with Crippen LogP contribution in [0, 0.1) is 0 Å². The number of ether oxygens (including phenoxy) is 2. The number of carbonyl (C=O) groups excluding carboxylic acids is 2. The molecular weight excluding hydrogens is 524 g/mol. The molecule has 0 aromatic heterocycles. The van der Waals surface area contributed by atoms with Crippen LogP contribution in [-0.4, -0.2) is 42.0 Å². The number of nitrogens with one attached hydrogen (secondary N) is 1. The SMILES string of the molecule is CCOc1ccc(CCC(=O)N(Cc2ccccc2Cl)[C@H](Cc2ccccc2)C(=O)N[C@H](C)CC)cc1OCC. The molecule has 0 saturated carbocycles. The standard InChI is InChI=1S/C33H41ClN2O4/c1-5-24(4)35-33(38)29(21-25-13-9-8-10-14-25)36(23-27-15-11-12-16-28(27)34)32(37)20-18-26-17-19-30(39-6-2)31(22-26)40-7-3/h8-17,19,22,24,29H,5-7,18,20-21,23H2,1-4H3,(H,35,38)/t24-,29-/m1/s1. The van der Waals surface area contributed by atoms with E-state index in [1.165, 1.54) is 0 Å². The molecule has 0 aliphatic heterocycles. The van der Waals surface area contributed by atoms with Crippen molar-refractivity contribution in [3.05, 3.63) is 94.5 Å². The quantitative estimate of drug-likeness (QED) is 0.225. The fourth-order valence-corrected chi connectivity index (χ4v) is 4.65. The third-order valence-corrected chi connectivity index (χ3v) is 7.17. The minimum absolute atomic E-state index is 0.0103. The summed E-state index contributed by atoms with van der Waals surface area (Å²) in [6, 6.07) is 22.3. The molecule has 0 heterocycles. The molecular formula is C33H41ClN2O4. The van der Waals surface area contributed by atoms with E-state index in [2.05, 4.69) is 5.32 Å². The first-order valence-electron chi connectivity index (χ1n) is 14.1. The van der Waals surface area contributed by atoms with Gasteiger partial charge in [0.1, 0.15) is 6.04 Å². The molecule has 0 unspecified atom stereocenters. The lowest BCUT2D eigenvalue weighted by molar-refractivity contribution is -0.141. The zero-order valence-electron chi connectivity index (χ0n) is 24.0. The average Bonchev–Trinajstić information content (AvgIpc) is 2.96. The van der Waals surface area contributed by atoms with Crippen molar-refractivity contribution in [3.8, 4) is 11.5 Å². The van der Waals surface area contributed by atoms with E-state index in [0.717, 1.165) is 23.1 Å². The van der Waals surface area contributed by atoms with Crippen LogP contribution in [0.5, 0.6) is 11.5 Å². The summed E-state index contributed by atoms with van der Waals surface area (Å²) in [7, 11) is 0. The number of benzene rings is 3. The van der Waals surface area contributed by atoms with Crippen LogP contribution < -0.4 is 14.8 Å². The Hall–Kier alpha value is -3.51. The minimum Gasteiger partial charge on any atom is -0.490 e. The lowest BCUT2D eigenvalue weighted by atomic mass is 10.0. The molecule has 40 heavy (non-hydrogen) atoms. The highest BCUT2D eigenvalue weighted by Crippen LogP contribution is 2.29. The number of carbonyl (C=O) groups is 2. The normalized spacial score (nSPS) is 12.3. The van der Waals surface area contributed by atoms with E-state index in [4.69, 9.17) is 21.1 Å². The Bertz CT molecular complexity index is 1230. The van der Waals surface area contributed by atoms with E-state index in [1.54, 1.807) is 11.0 Å². The first-order valence-corrected chi connectivity index (χ1v) is 14.5. The van der Waals surface area contributed by atoms with Gasteiger partial charge in [-0.1, -0.05) is 73.1 Å². The summed E-state index contributed by atoms with van der Waals surface area (Å²) < 4.78 is 11.5. The summed E-state index contributed by atoms with van der Waals surface area (Å²) >= 11 is 6.52. The lowest BCUT2D eigenvalue weighted by Crippen LogP contribution is -2.52. The molecule has 0 fully saturated rings. The third kappa shape index (κ3) is 9.02. The highest BCUT2D eigenvalue weighted by Gasteiger charge is 2.31. The number of halogens is 1. The number of rotatable bonds is 15. The fourth-order valence-electron chi connectivity index (χ4n) is 4.45. The van der Waals surface area contributed by atoms with Crippen molar-refractivity contribution >= 4 is 23.4 Å². The van der Waals surface area contributed by atoms with Crippen molar-refractivity contribution in [1.82, 2.24) is 10.2 Å². The van der Waals surface area contributed by atoms with Gasteiger partial charge in [0, 0.05) is 30.5 Å². The van der Waals surface area contributed by atoms with Crippen molar-refractivity contribution in [2.45, 2.75) is 72.0 Å². The van der Waals surface area contributed by atoms with E-state index in [-0.39, 0.29) is 30.8 Å². The van der Waals surface area contributed by atoms with Gasteiger partial charge in [-0.2, -0.15) is 0 Å². The van der Waals surface area contributed by atoms with E-state index >= 15 is 0 Å². The van der Waals surface area contributed by atoms with Crippen LogP contribution >= 0.6 is 11.6 Å². The average molecular weight is 565 g/mol. The zero-order chi connectivity index (χ0) is 28.9. The van der Waals surface area contributed by atoms with Gasteiger partial charge in [0.05, 0.1) is 13.2 Å². The van der Waals surface area contributed by atoms with Gasteiger partial charge in [-0.05, 0) is 68.5 Å². The number of hydrogen-bond donors (Lipinski definition) is 1. The maximum atomic E-state index is 14.0. The largest absolute Gasteiger partial charge is 0.490 e. The summed E-state index contributed by atoms with van der Waals surface area (Å²) in [5.41, 5.74) is 2.74. The Morgan fingerprint density at radius 2 is 1.55 bits per heavy atom. The number of nitrogens with zero attached hydrogens (tertiary/aromatic N) is 1. The third-order valence-electron chi connectivity index (χ3n) is 6.81. The van der Waals surface area contributed by atoms with Crippen LogP contribution in [0.1, 0.15) is 57.2 Å². The van der Waals surface area contributed by atoms with Crippen molar-refractivity contribution < 1.29 is 19.1 Å². The second-order valence-corrected chi connectivity index (χ2v) is 10.2. The summed E-state index contributed by atoms with van der Waals surface area (Å²) in [5, 5.41) is 3.67. The number of amides is 2. The van der Waals surface area contributed by atoms with E-state index < -0.39 is 6.04 Å². The second kappa shape index (κ2) is 15.9. The van der Waals surface area contributed by atoms with Crippen LogP contribution in [0.3, 0.4) is 0 Å². The van der Waals surface area contributed by atoms with Gasteiger partial charge in [-0.15, -0.1) is 0 Å². The predicted octanol–water partition coefficient (Wildman–Crippen LogP) is 6.62. The summed E-state index contributed by atoms with van der Waals surface area (Å²) in [6.45, 7) is 9.14. The van der Waals surface area contributed by atoms with Gasteiger partial charge < -0.3 is 19.7 Å². The molecule has 2 amide bonds. The second-order valence-electron chi connectivity index (χ2n) is 9.78. The Morgan fingerprint density at radius 1 is 0.875 bits per heavy atom. The zero-order valence-corrected chi connectivity index (χ0v) is 24.7. The van der Waals surface area contributed by atoms with Crippen LogP contribution in [0.4, 0.5) is 0 Å². The van der Waals surface area contributed by atoms with Gasteiger partial charge in [-0.3, -0.25) is 9.59 Å². The van der Waals surface area contributed by atoms with Gasteiger partial charge in [-0.25, -0.2) is 0 Å². The maximum Gasteiger partial charge on any atom is 0.243 e. The molecule has 3 aromatic rings. The Kier molecular flexibility index (Phi) is 12.4. The van der Waals surface area contributed by atoms with Gasteiger partial charge in [0.15, 0.2) is 11.5 Å². The van der Waals surface area contributed by atoms with E-state index in [0.29, 0.717) is 42.6 Å². The van der Waals surface area contributed by atoms with Crippen LogP contribution in [0.15, 0.2) is 72.8 Å². The predicted molar refractivity (Wildman–Crippen MR) is 161 cm³/mol. The molecule has 0 radical (unpaired) electrons. The minimum atomic E-state index is -0.695. The van der Waals surface area contributed by atoms with Crippen molar-refractivity contribution in [2.75, 3.05) is 13.2 Å². The highest BCUT2D eigenvalue weighted by molar-refractivity contribution is 6.31. The lowest BCUT2D eigenvalue weighted by Gasteiger charge is -2.32. The Balaban J connectivity index is 1.91. The molecule has 1 N–H and O–H groups in total. The summed E-state index contributed by atoms with van der Waals surface area (Å²) in [5.74, 6) is 1.06. The summed E-state index contributed by atoms with van der Waals surface area (Å²) in [6.07, 6.45) is 1.92. The van der Waals surface area contributed by atoms with Crippen molar-refractivity contribution in [2.24, 2.45) is 0 Å². The monoisotopic (exact) mass is 564 g/mol. The van der Waals surface area contributed by atoms with Crippen LogP contribution in [0.2, 0.25) is 5.02 Å². The molecule has 3 rings (SSSR count). The Labute approximate surface area is 243 Å². The van der Waals surface area contributed by atoms with Gasteiger partial charge >= 0.3 is 0 Å². The number of hydrogen-bond acceptors (Lipinski definition) is 4. The molecule has 0 bridgehead atoms. The van der Waals surface area contributed by atoms with Gasteiger partial charge in [0.25, 0.3) is 0 Å². The molecule has 0 saturated heterocycles. The molecule has 7 heteroatoms. The first kappa shape index (κ1) is 31.0. The van der Waals surface area contributed by atoms with E-state index in [1.807, 2.05) is 94.4 Å². The van der Waals surface area contributed by atoms with E-state index in [9.17, 15) is 9.59 Å².